The summed E-state index contributed by atoms with van der Waals surface area (Å²) < 4.78 is 1.52. The van der Waals surface area contributed by atoms with Gasteiger partial charge in [-0.3, -0.25) is 14.7 Å². The summed E-state index contributed by atoms with van der Waals surface area (Å²) in [6.07, 6.45) is 3.08. The Morgan fingerprint density at radius 3 is 2.83 bits per heavy atom. The maximum atomic E-state index is 12.4. The second-order valence-corrected chi connectivity index (χ2v) is 5.48. The largest absolute Gasteiger partial charge is 0.399 e. The highest BCUT2D eigenvalue weighted by molar-refractivity contribution is 5.93. The van der Waals surface area contributed by atoms with E-state index in [1.54, 1.807) is 38.5 Å². The predicted octanol–water partition coefficient (Wildman–Crippen LogP) is 1.25. The molecule has 124 valence electrons. The van der Waals surface area contributed by atoms with Gasteiger partial charge < -0.3 is 10.6 Å². The first-order chi connectivity index (χ1) is 11.4. The molecule has 0 saturated heterocycles. The number of urea groups is 1. The Kier molecular flexibility index (Phi) is 3.90. The highest BCUT2D eigenvalue weighted by Gasteiger charge is 2.13. The fourth-order valence-corrected chi connectivity index (χ4v) is 2.23. The van der Waals surface area contributed by atoms with Crippen LogP contribution in [0.4, 0.5) is 16.3 Å². The minimum absolute atomic E-state index is 0.0496. The third-order valence-electron chi connectivity index (χ3n) is 3.44. The van der Waals surface area contributed by atoms with Gasteiger partial charge in [-0.2, -0.15) is 9.90 Å². The van der Waals surface area contributed by atoms with Gasteiger partial charge in [-0.1, -0.05) is 0 Å². The Morgan fingerprint density at radius 1 is 1.29 bits per heavy atom. The van der Waals surface area contributed by atoms with Crippen LogP contribution in [0, 0.1) is 0 Å². The van der Waals surface area contributed by atoms with E-state index in [1.807, 2.05) is 6.07 Å². The van der Waals surface area contributed by atoms with Gasteiger partial charge in [0, 0.05) is 31.4 Å². The highest BCUT2D eigenvalue weighted by Crippen LogP contribution is 2.18. The standard InChI is InChI=1S/C15H17N7O2/c1-20(2)15(24)18-13-8-17-22(19-13)9-14(23)21-6-5-10-7-11(16)3-4-12(10)21/h3-8H,9,16H2,1-2H3,(H,18,19,24). The van der Waals surface area contributed by atoms with Crippen LogP contribution in [-0.2, 0) is 6.54 Å². The topological polar surface area (TPSA) is 111 Å². The fourth-order valence-electron chi connectivity index (χ4n) is 2.23. The molecule has 0 atom stereocenters. The van der Waals surface area contributed by atoms with Crippen molar-refractivity contribution < 1.29 is 9.59 Å². The summed E-state index contributed by atoms with van der Waals surface area (Å²) in [6.45, 7) is -0.0496. The molecule has 0 radical (unpaired) electrons. The third-order valence-corrected chi connectivity index (χ3v) is 3.44. The summed E-state index contributed by atoms with van der Waals surface area (Å²) in [5, 5.41) is 11.5. The molecule has 1 aromatic carbocycles. The summed E-state index contributed by atoms with van der Waals surface area (Å²) in [4.78, 5) is 26.6. The van der Waals surface area contributed by atoms with Crippen LogP contribution in [0.5, 0.6) is 0 Å². The molecule has 3 aromatic rings. The van der Waals surface area contributed by atoms with Crippen LogP contribution >= 0.6 is 0 Å². The van der Waals surface area contributed by atoms with E-state index in [2.05, 4.69) is 15.5 Å². The minimum atomic E-state index is -0.317. The minimum Gasteiger partial charge on any atom is -0.399 e. The number of fused-ring (bicyclic) bond motifs is 1. The van der Waals surface area contributed by atoms with Crippen molar-refractivity contribution in [2.45, 2.75) is 6.54 Å². The molecule has 2 aromatic heterocycles. The first-order valence-electron chi connectivity index (χ1n) is 7.22. The van der Waals surface area contributed by atoms with Gasteiger partial charge in [0.1, 0.15) is 6.54 Å². The van der Waals surface area contributed by atoms with Crippen molar-refractivity contribution in [2.75, 3.05) is 25.1 Å². The van der Waals surface area contributed by atoms with Crippen molar-refractivity contribution >= 4 is 34.3 Å². The molecular formula is C15H17N7O2. The summed E-state index contributed by atoms with van der Waals surface area (Å²) in [6, 6.07) is 6.85. The number of rotatable bonds is 3. The summed E-state index contributed by atoms with van der Waals surface area (Å²) in [7, 11) is 3.24. The zero-order valence-electron chi connectivity index (χ0n) is 13.3. The maximum absolute atomic E-state index is 12.4. The Balaban J connectivity index is 1.75. The van der Waals surface area contributed by atoms with Crippen LogP contribution in [-0.4, -0.2) is 50.5 Å². The second-order valence-electron chi connectivity index (χ2n) is 5.48. The van der Waals surface area contributed by atoms with Gasteiger partial charge in [-0.25, -0.2) is 4.79 Å². The number of nitrogens with two attached hydrogens (primary N) is 1. The molecule has 0 aliphatic carbocycles. The molecule has 0 spiro atoms. The van der Waals surface area contributed by atoms with E-state index in [9.17, 15) is 9.59 Å². The number of nitrogens with one attached hydrogen (secondary N) is 1. The lowest BCUT2D eigenvalue weighted by molar-refractivity contribution is 0.0886. The highest BCUT2D eigenvalue weighted by atomic mass is 16.2. The van der Waals surface area contributed by atoms with Gasteiger partial charge in [0.15, 0.2) is 5.82 Å². The summed E-state index contributed by atoms with van der Waals surface area (Å²) >= 11 is 0. The number of nitrogen functional groups attached to an aromatic ring is 1. The van der Waals surface area contributed by atoms with Crippen LogP contribution < -0.4 is 11.1 Å². The number of amides is 2. The van der Waals surface area contributed by atoms with Gasteiger partial charge in [-0.05, 0) is 24.3 Å². The van der Waals surface area contributed by atoms with E-state index in [0.29, 0.717) is 5.69 Å². The van der Waals surface area contributed by atoms with Gasteiger partial charge >= 0.3 is 6.03 Å². The number of carbonyl (C=O) groups is 2. The number of nitrogens with zero attached hydrogens (tertiary/aromatic N) is 5. The van der Waals surface area contributed by atoms with Gasteiger partial charge in [0.05, 0.1) is 11.7 Å². The Morgan fingerprint density at radius 2 is 2.08 bits per heavy atom. The molecule has 0 unspecified atom stereocenters. The number of aromatic nitrogens is 4. The Bertz CT molecular complexity index is 910. The lowest BCUT2D eigenvalue weighted by Crippen LogP contribution is -2.27. The van der Waals surface area contributed by atoms with Crippen molar-refractivity contribution in [2.24, 2.45) is 0 Å². The molecule has 0 aliphatic rings. The molecule has 0 bridgehead atoms. The summed E-state index contributed by atoms with van der Waals surface area (Å²) in [5.74, 6) is 0.0856. The Labute approximate surface area is 137 Å². The SMILES string of the molecule is CN(C)C(=O)Nc1cnn(CC(=O)n2ccc3cc(N)ccc32)n1. The molecular weight excluding hydrogens is 310 g/mol. The average molecular weight is 327 g/mol. The quantitative estimate of drug-likeness (QED) is 0.703. The number of hydrogen-bond acceptors (Lipinski definition) is 5. The van der Waals surface area contributed by atoms with Gasteiger partial charge in [-0.15, -0.1) is 5.10 Å². The van der Waals surface area contributed by atoms with Crippen molar-refractivity contribution in [3.63, 3.8) is 0 Å². The average Bonchev–Trinajstić information content (AvgIpc) is 3.13. The maximum Gasteiger partial charge on any atom is 0.322 e. The van der Waals surface area contributed by atoms with Crippen molar-refractivity contribution in [1.82, 2.24) is 24.5 Å². The van der Waals surface area contributed by atoms with Crippen molar-refractivity contribution in [3.8, 4) is 0 Å². The third kappa shape index (κ3) is 3.05. The monoisotopic (exact) mass is 327 g/mol. The number of benzene rings is 1. The molecule has 0 aliphatic heterocycles. The van der Waals surface area contributed by atoms with E-state index < -0.39 is 0 Å². The first-order valence-corrected chi connectivity index (χ1v) is 7.22. The molecule has 0 saturated carbocycles. The number of carbonyl (C=O) groups excluding carboxylic acids is 2. The normalized spacial score (nSPS) is 10.8. The van der Waals surface area contributed by atoms with E-state index in [0.717, 1.165) is 10.9 Å². The number of hydrogen-bond donors (Lipinski definition) is 2. The van der Waals surface area contributed by atoms with E-state index in [-0.39, 0.29) is 24.3 Å². The zero-order chi connectivity index (χ0) is 17.3. The van der Waals surface area contributed by atoms with Crippen LogP contribution in [0.2, 0.25) is 0 Å². The van der Waals surface area contributed by atoms with E-state index >= 15 is 0 Å². The predicted molar refractivity (Wildman–Crippen MR) is 89.7 cm³/mol. The van der Waals surface area contributed by atoms with Gasteiger partial charge in [0.2, 0.25) is 0 Å². The molecule has 9 nitrogen and oxygen atoms in total. The van der Waals surface area contributed by atoms with Gasteiger partial charge in [0.25, 0.3) is 5.91 Å². The van der Waals surface area contributed by atoms with Crippen LogP contribution in [0.15, 0.2) is 36.7 Å². The second kappa shape index (κ2) is 6.03. The van der Waals surface area contributed by atoms with E-state index in [4.69, 9.17) is 5.73 Å². The van der Waals surface area contributed by atoms with Crippen molar-refractivity contribution in [3.05, 3.63) is 36.7 Å². The lowest BCUT2D eigenvalue weighted by atomic mass is 10.2. The molecule has 24 heavy (non-hydrogen) atoms. The molecule has 3 rings (SSSR count). The summed E-state index contributed by atoms with van der Waals surface area (Å²) in [5.41, 5.74) is 7.15. The fraction of sp³-hybridized carbons (Fsp3) is 0.200. The molecule has 2 amide bonds. The smallest absolute Gasteiger partial charge is 0.322 e. The molecule has 3 N–H and O–H groups in total. The Hall–Kier alpha value is -3.36. The van der Waals surface area contributed by atoms with Crippen LogP contribution in [0.1, 0.15) is 4.79 Å². The molecule has 2 heterocycles. The molecule has 0 fully saturated rings. The van der Waals surface area contributed by atoms with Crippen LogP contribution in [0.3, 0.4) is 0 Å². The lowest BCUT2D eigenvalue weighted by Gasteiger charge is -2.09. The molecule has 9 heteroatoms. The van der Waals surface area contributed by atoms with Crippen LogP contribution in [0.25, 0.3) is 10.9 Å². The van der Waals surface area contributed by atoms with Crippen molar-refractivity contribution in [1.29, 1.82) is 0 Å². The van der Waals surface area contributed by atoms with E-state index in [1.165, 1.54) is 20.5 Å². The number of anilines is 2. The zero-order valence-corrected chi connectivity index (χ0v) is 13.3. The first kappa shape index (κ1) is 15.5.